The zero-order chi connectivity index (χ0) is 42.5. The molecule has 2 N–H and O–H groups in total. The van der Waals surface area contributed by atoms with E-state index in [9.17, 15) is 19.2 Å². The summed E-state index contributed by atoms with van der Waals surface area (Å²) in [4.78, 5) is 65.6. The molecule has 3 aliphatic heterocycles. The fraction of sp³-hybridized carbons (Fsp3) is 0.478. The molecular weight excluding hydrogens is 785 g/mol. The number of pyridine rings is 1. The molecule has 4 fully saturated rings. The van der Waals surface area contributed by atoms with E-state index in [1.54, 1.807) is 45.4 Å². The Morgan fingerprint density at radius 3 is 2.55 bits per heavy atom. The summed E-state index contributed by atoms with van der Waals surface area (Å²) in [6.45, 7) is 8.81. The number of piperidine rings is 2. The minimum atomic E-state index is -0.672. The monoisotopic (exact) mass is 838 g/mol. The van der Waals surface area contributed by atoms with Crippen molar-refractivity contribution in [3.05, 3.63) is 94.6 Å². The number of imide groups is 1. The van der Waals surface area contributed by atoms with Gasteiger partial charge in [0.1, 0.15) is 17.3 Å². The van der Waals surface area contributed by atoms with E-state index in [-0.39, 0.29) is 30.0 Å². The molecule has 1 saturated carbocycles. The van der Waals surface area contributed by atoms with E-state index < -0.39 is 11.9 Å². The number of benzene rings is 1. The molecule has 5 aromatic heterocycles. The van der Waals surface area contributed by atoms with Crippen molar-refractivity contribution < 1.29 is 14.4 Å². The van der Waals surface area contributed by atoms with E-state index in [1.807, 2.05) is 48.3 Å². The van der Waals surface area contributed by atoms with Crippen LogP contribution >= 0.6 is 0 Å². The smallest absolute Gasteiger partial charge is 0.319 e. The molecule has 1 spiro atoms. The quantitative estimate of drug-likeness (QED) is 0.171. The highest BCUT2D eigenvalue weighted by Crippen LogP contribution is 2.42. The van der Waals surface area contributed by atoms with Crippen LogP contribution in [0, 0.1) is 18.3 Å². The molecule has 16 heteroatoms. The van der Waals surface area contributed by atoms with Crippen molar-refractivity contribution >= 4 is 40.1 Å². The number of imidazole rings is 1. The van der Waals surface area contributed by atoms with Gasteiger partial charge in [0.15, 0.2) is 5.65 Å². The Morgan fingerprint density at radius 2 is 1.77 bits per heavy atom. The molecule has 1 aliphatic carbocycles. The minimum Gasteiger partial charge on any atom is -0.319 e. The van der Waals surface area contributed by atoms with Gasteiger partial charge in [-0.15, -0.1) is 0 Å². The van der Waals surface area contributed by atoms with Gasteiger partial charge in [-0.1, -0.05) is 18.2 Å². The van der Waals surface area contributed by atoms with Crippen molar-refractivity contribution in [1.29, 1.82) is 0 Å². The molecular formula is C46H54N12O4. The Bertz CT molecular complexity index is 2700. The molecule has 3 amide bonds. The maximum absolute atomic E-state index is 13.5. The Kier molecular flexibility index (Phi) is 10.6. The predicted molar refractivity (Wildman–Crippen MR) is 234 cm³/mol. The molecule has 3 saturated heterocycles. The SMILES string of the molecule is Cc1ccc(-c2nn(C3CCC(CN4CCC5(CC4)CN(CCCc4cccc6c4n(C)c(=O)n6C4CCC(=O)NC4=O)C5)CC3)cc2NC(=O)c2cnn3cccnc23)nc1. The molecule has 1 aromatic carbocycles. The number of fused-ring (bicyclic) bond motifs is 2. The average Bonchev–Trinajstić information content (AvgIpc) is 3.96. The number of likely N-dealkylation sites (tertiary alicyclic amines) is 2. The maximum atomic E-state index is 13.5. The van der Waals surface area contributed by atoms with Gasteiger partial charge in [-0.3, -0.25) is 38.5 Å². The summed E-state index contributed by atoms with van der Waals surface area (Å²) in [5.41, 5.74) is 6.93. The number of para-hydroxylation sites is 1. The van der Waals surface area contributed by atoms with Gasteiger partial charge in [-0.25, -0.2) is 14.3 Å². The summed E-state index contributed by atoms with van der Waals surface area (Å²) in [5, 5.41) is 14.8. The van der Waals surface area contributed by atoms with Gasteiger partial charge in [0.05, 0.1) is 34.7 Å². The largest absolute Gasteiger partial charge is 0.329 e. The number of carbonyl (C=O) groups excluding carboxylic acids is 3. The predicted octanol–water partition coefficient (Wildman–Crippen LogP) is 4.94. The number of amides is 3. The van der Waals surface area contributed by atoms with Crippen LogP contribution in [0.25, 0.3) is 28.1 Å². The molecule has 0 bridgehead atoms. The number of nitrogens with one attached hydrogen (secondary N) is 2. The number of hydrogen-bond donors (Lipinski definition) is 2. The van der Waals surface area contributed by atoms with Gasteiger partial charge < -0.3 is 15.1 Å². The highest BCUT2D eigenvalue weighted by molar-refractivity contribution is 6.09. The van der Waals surface area contributed by atoms with Crippen molar-refractivity contribution in [2.45, 2.75) is 83.2 Å². The van der Waals surface area contributed by atoms with Crippen molar-refractivity contribution in [3.63, 3.8) is 0 Å². The van der Waals surface area contributed by atoms with Gasteiger partial charge in [0.25, 0.3) is 5.91 Å². The molecule has 4 aliphatic rings. The number of carbonyl (C=O) groups is 3. The topological polar surface area (TPSA) is 170 Å². The van der Waals surface area contributed by atoms with Crippen LogP contribution < -0.4 is 16.3 Å². The summed E-state index contributed by atoms with van der Waals surface area (Å²) in [6, 6.07) is 11.3. The number of aryl methyl sites for hydroxylation is 3. The Hall–Kier alpha value is -6.00. The summed E-state index contributed by atoms with van der Waals surface area (Å²) in [5.74, 6) is -0.306. The van der Waals surface area contributed by atoms with Crippen LogP contribution in [-0.4, -0.2) is 105 Å². The summed E-state index contributed by atoms with van der Waals surface area (Å²) < 4.78 is 6.88. The summed E-state index contributed by atoms with van der Waals surface area (Å²) in [6.07, 6.45) is 18.1. The Balaban J connectivity index is 0.699. The van der Waals surface area contributed by atoms with Gasteiger partial charge >= 0.3 is 5.69 Å². The fourth-order valence-corrected chi connectivity index (χ4v) is 10.6. The fourth-order valence-electron chi connectivity index (χ4n) is 10.6. The van der Waals surface area contributed by atoms with Crippen LogP contribution in [-0.2, 0) is 23.1 Å². The first kappa shape index (κ1) is 40.1. The highest BCUT2D eigenvalue weighted by atomic mass is 16.2. The zero-order valence-electron chi connectivity index (χ0n) is 35.5. The van der Waals surface area contributed by atoms with Crippen LogP contribution in [0.5, 0.6) is 0 Å². The standard InChI is InChI=1S/C46H54N12O4/c1-30-9-14-35(48-24-30)40-36(50-43(60)34-25-49-56-21-5-19-47-42(34)56)27-57(52-40)33-12-10-31(11-13-33)26-54-22-17-46(18-23-54)28-55(29-46)20-4-7-32-6-3-8-37-41(32)53(2)45(62)58(37)38-15-16-39(59)51-44(38)61/h3,5-6,8-9,14,19,21,24-25,27,31,33,38H,4,7,10-13,15-18,20,22-23,26,28-29H2,1-2H3,(H,50,60)(H,51,59,61). The lowest BCUT2D eigenvalue weighted by molar-refractivity contribution is -0.135. The second kappa shape index (κ2) is 16.4. The third-order valence-electron chi connectivity index (χ3n) is 14.0. The van der Waals surface area contributed by atoms with Crippen LogP contribution in [0.1, 0.15) is 91.4 Å². The van der Waals surface area contributed by atoms with Gasteiger partial charge in [-0.05, 0) is 125 Å². The summed E-state index contributed by atoms with van der Waals surface area (Å²) in [7, 11) is 1.78. The number of anilines is 1. The van der Waals surface area contributed by atoms with Gasteiger partial charge in [0.2, 0.25) is 11.8 Å². The zero-order valence-corrected chi connectivity index (χ0v) is 35.5. The first-order valence-electron chi connectivity index (χ1n) is 22.2. The van der Waals surface area contributed by atoms with Crippen molar-refractivity contribution in [1.82, 2.24) is 53.6 Å². The summed E-state index contributed by atoms with van der Waals surface area (Å²) >= 11 is 0. The van der Waals surface area contributed by atoms with E-state index in [0.29, 0.717) is 40.3 Å². The van der Waals surface area contributed by atoms with E-state index in [0.717, 1.165) is 106 Å². The lowest BCUT2D eigenvalue weighted by Gasteiger charge is -2.54. The van der Waals surface area contributed by atoms with Crippen molar-refractivity contribution in [2.75, 3.05) is 44.6 Å². The Labute approximate surface area is 359 Å². The van der Waals surface area contributed by atoms with E-state index in [1.165, 1.54) is 12.8 Å². The molecule has 62 heavy (non-hydrogen) atoms. The number of rotatable bonds is 11. The molecule has 10 rings (SSSR count). The molecule has 1 atom stereocenters. The van der Waals surface area contributed by atoms with Crippen LogP contribution in [0.4, 0.5) is 5.69 Å². The molecule has 16 nitrogen and oxygen atoms in total. The maximum Gasteiger partial charge on any atom is 0.329 e. The number of hydrogen-bond acceptors (Lipinski definition) is 10. The van der Waals surface area contributed by atoms with Crippen LogP contribution in [0.15, 0.2) is 72.2 Å². The lowest BCUT2D eigenvalue weighted by Crippen LogP contribution is -2.60. The van der Waals surface area contributed by atoms with Crippen LogP contribution in [0.3, 0.4) is 0 Å². The van der Waals surface area contributed by atoms with E-state index in [4.69, 9.17) is 5.10 Å². The number of nitrogens with zero attached hydrogens (tertiary/aromatic N) is 10. The first-order valence-corrected chi connectivity index (χ1v) is 22.2. The van der Waals surface area contributed by atoms with Crippen LogP contribution in [0.2, 0.25) is 0 Å². The molecule has 0 radical (unpaired) electrons. The lowest BCUT2D eigenvalue weighted by atomic mass is 9.71. The van der Waals surface area contributed by atoms with Gasteiger partial charge in [-0.2, -0.15) is 10.2 Å². The van der Waals surface area contributed by atoms with E-state index >= 15 is 0 Å². The third-order valence-corrected chi connectivity index (χ3v) is 14.0. The second-order valence-electron chi connectivity index (χ2n) is 18.2. The highest BCUT2D eigenvalue weighted by Gasteiger charge is 2.44. The Morgan fingerprint density at radius 1 is 0.952 bits per heavy atom. The second-order valence-corrected chi connectivity index (χ2v) is 18.2. The minimum absolute atomic E-state index is 0.220. The molecule has 6 aromatic rings. The van der Waals surface area contributed by atoms with Gasteiger partial charge in [0, 0.05) is 57.9 Å². The van der Waals surface area contributed by atoms with E-state index in [2.05, 4.69) is 41.6 Å². The molecule has 8 heterocycles. The third kappa shape index (κ3) is 7.63. The van der Waals surface area contributed by atoms with Crippen molar-refractivity contribution in [2.24, 2.45) is 18.4 Å². The number of aromatic nitrogens is 8. The normalized spacial score (nSPS) is 22.0. The first-order chi connectivity index (χ1) is 30.1. The molecule has 322 valence electrons. The van der Waals surface area contributed by atoms with Crippen molar-refractivity contribution in [3.8, 4) is 11.4 Å². The molecule has 1 unspecified atom stereocenters. The average molecular weight is 839 g/mol.